The molecule has 0 nitrogen and oxygen atoms in total. The van der Waals surface area contributed by atoms with E-state index in [0.717, 1.165) is 0 Å². The first-order chi connectivity index (χ1) is 7.97. The van der Waals surface area contributed by atoms with Crippen molar-refractivity contribution in [3.63, 3.8) is 0 Å². The van der Waals surface area contributed by atoms with Crippen LogP contribution < -0.4 is 4.40 Å². The van der Waals surface area contributed by atoms with Gasteiger partial charge in [-0.15, -0.1) is 0 Å². The molecule has 1 heteroatoms. The van der Waals surface area contributed by atoms with E-state index in [0.29, 0.717) is 0 Å². The first-order valence-electron chi connectivity index (χ1n) is 6.32. The molecule has 1 radical (unpaired) electrons. The maximum absolute atomic E-state index is 3.75. The van der Waals surface area contributed by atoms with Crippen molar-refractivity contribution in [1.29, 1.82) is 0 Å². The van der Waals surface area contributed by atoms with Gasteiger partial charge < -0.3 is 0 Å². The third-order valence-electron chi connectivity index (χ3n) is 4.52. The first kappa shape index (κ1) is 12.7. The summed E-state index contributed by atoms with van der Waals surface area (Å²) in [6.07, 6.45) is 3.75. The van der Waals surface area contributed by atoms with Crippen LogP contribution in [0.25, 0.3) is 0 Å². The predicted molar refractivity (Wildman–Crippen MR) is 78.3 cm³/mol. The SMILES string of the molecule is CC1=[C][C](C)([GeH]([CH3])[c]2ccccc2)C(C)=C1C. The Bertz CT molecular complexity index is 482. The van der Waals surface area contributed by atoms with Crippen molar-refractivity contribution < 1.29 is 0 Å². The van der Waals surface area contributed by atoms with Crippen LogP contribution >= 0.6 is 0 Å². The fourth-order valence-corrected chi connectivity index (χ4v) is 8.56. The molecular formula is C16H21Ge. The number of rotatable bonds is 2. The van der Waals surface area contributed by atoms with Crippen molar-refractivity contribution in [2.75, 3.05) is 0 Å². The second-order valence-electron chi connectivity index (χ2n) is 5.33. The molecule has 0 heterocycles. The number of hydrogen-bond donors (Lipinski definition) is 0. The molecule has 0 N–H and O–H groups in total. The second kappa shape index (κ2) is 4.49. The Morgan fingerprint density at radius 2 is 1.65 bits per heavy atom. The Balaban J connectivity index is 2.43. The molecule has 2 rings (SSSR count). The van der Waals surface area contributed by atoms with Crippen LogP contribution in [0.15, 0.2) is 47.1 Å². The monoisotopic (exact) mass is 287 g/mol. The second-order valence-corrected chi connectivity index (χ2v) is 12.2. The predicted octanol–water partition coefficient (Wildman–Crippen LogP) is 3.61. The molecule has 1 aromatic carbocycles. The van der Waals surface area contributed by atoms with Gasteiger partial charge in [-0.2, -0.15) is 0 Å². The van der Waals surface area contributed by atoms with Gasteiger partial charge in [0, 0.05) is 0 Å². The van der Waals surface area contributed by atoms with Gasteiger partial charge in [-0.1, -0.05) is 0 Å². The van der Waals surface area contributed by atoms with E-state index >= 15 is 0 Å². The van der Waals surface area contributed by atoms with Crippen LogP contribution in [0.4, 0.5) is 0 Å². The molecule has 1 aliphatic carbocycles. The van der Waals surface area contributed by atoms with Gasteiger partial charge in [0.15, 0.2) is 0 Å². The number of hydrogen-bond acceptors (Lipinski definition) is 0. The van der Waals surface area contributed by atoms with Crippen LogP contribution in [-0.2, 0) is 0 Å². The Hall–Kier alpha value is -0.757. The van der Waals surface area contributed by atoms with E-state index in [2.05, 4.69) is 69.9 Å². The summed E-state index contributed by atoms with van der Waals surface area (Å²) < 4.78 is 1.82. The summed E-state index contributed by atoms with van der Waals surface area (Å²) >= 11 is -1.58. The molecule has 2 unspecified atom stereocenters. The third-order valence-corrected chi connectivity index (χ3v) is 12.3. The average Bonchev–Trinajstić information content (AvgIpc) is 2.55. The molecule has 0 bridgehead atoms. The van der Waals surface area contributed by atoms with E-state index in [1.165, 1.54) is 11.1 Å². The zero-order valence-electron chi connectivity index (χ0n) is 11.5. The molecule has 0 fully saturated rings. The maximum atomic E-state index is 3.75. The molecule has 2 atom stereocenters. The van der Waals surface area contributed by atoms with Gasteiger partial charge in [-0.25, -0.2) is 0 Å². The fourth-order valence-electron chi connectivity index (χ4n) is 2.76. The molecular weight excluding hydrogens is 265 g/mol. The number of allylic oxidation sites excluding steroid dienone is 4. The molecule has 0 spiro atoms. The quantitative estimate of drug-likeness (QED) is 0.728. The zero-order valence-corrected chi connectivity index (χ0v) is 13.9. The summed E-state index contributed by atoms with van der Waals surface area (Å²) in [4.78, 5) is 0. The Morgan fingerprint density at radius 3 is 2.12 bits per heavy atom. The molecule has 0 amide bonds. The molecule has 0 aromatic heterocycles. The van der Waals surface area contributed by atoms with E-state index in [4.69, 9.17) is 0 Å². The topological polar surface area (TPSA) is 0 Å². The van der Waals surface area contributed by atoms with Crippen molar-refractivity contribution in [2.24, 2.45) is 0 Å². The summed E-state index contributed by atoms with van der Waals surface area (Å²) in [6, 6.07) is 11.0. The Labute approximate surface area is 110 Å². The number of benzene rings is 1. The van der Waals surface area contributed by atoms with Gasteiger partial charge in [0.05, 0.1) is 0 Å². The van der Waals surface area contributed by atoms with E-state index in [9.17, 15) is 0 Å². The van der Waals surface area contributed by atoms with Crippen LogP contribution in [0.1, 0.15) is 27.7 Å². The summed E-state index contributed by atoms with van der Waals surface area (Å²) in [5.41, 5.74) is 4.37. The summed E-state index contributed by atoms with van der Waals surface area (Å²) in [7, 11) is 0. The molecule has 1 aromatic rings. The van der Waals surface area contributed by atoms with Crippen molar-refractivity contribution in [3.05, 3.63) is 53.1 Å². The molecule has 0 saturated carbocycles. The van der Waals surface area contributed by atoms with E-state index in [-0.39, 0.29) is 4.25 Å². The third kappa shape index (κ3) is 2.04. The van der Waals surface area contributed by atoms with Crippen molar-refractivity contribution in [2.45, 2.75) is 37.7 Å². The Morgan fingerprint density at radius 1 is 1.06 bits per heavy atom. The first-order valence-corrected chi connectivity index (χ1v) is 11.2. The Kier molecular flexibility index (Phi) is 3.35. The van der Waals surface area contributed by atoms with Gasteiger partial charge in [-0.3, -0.25) is 0 Å². The summed E-state index contributed by atoms with van der Waals surface area (Å²) in [5, 5.41) is 0. The molecule has 0 saturated heterocycles. The standard InChI is InChI=1S/C16H21Ge/c1-12-11-16(4,14(3)13(12)2)17(5)15-9-7-6-8-10-15/h6-10,17H,1-5H3. The minimum atomic E-state index is -1.58. The van der Waals surface area contributed by atoms with Gasteiger partial charge >= 0.3 is 110 Å². The van der Waals surface area contributed by atoms with Gasteiger partial charge in [0.25, 0.3) is 0 Å². The normalized spacial score (nSPS) is 26.1. The fraction of sp³-hybridized carbons (Fsp3) is 0.375. The average molecular weight is 286 g/mol. The van der Waals surface area contributed by atoms with E-state index in [1.54, 1.807) is 9.97 Å². The summed E-state index contributed by atoms with van der Waals surface area (Å²) in [6.45, 7) is 9.12. The molecule has 1 aliphatic rings. The van der Waals surface area contributed by atoms with Crippen molar-refractivity contribution >= 4 is 18.7 Å². The van der Waals surface area contributed by atoms with Gasteiger partial charge in [0.1, 0.15) is 0 Å². The van der Waals surface area contributed by atoms with Crippen LogP contribution in [0.5, 0.6) is 0 Å². The van der Waals surface area contributed by atoms with Gasteiger partial charge in [0.2, 0.25) is 0 Å². The summed E-state index contributed by atoms with van der Waals surface area (Å²) in [5.74, 6) is 2.49. The molecule has 89 valence electrons. The van der Waals surface area contributed by atoms with E-state index < -0.39 is 14.3 Å². The minimum absolute atomic E-state index is 0.239. The van der Waals surface area contributed by atoms with E-state index in [1.807, 2.05) is 0 Å². The van der Waals surface area contributed by atoms with Crippen molar-refractivity contribution in [3.8, 4) is 0 Å². The van der Waals surface area contributed by atoms with Crippen LogP contribution in [0.2, 0.25) is 10.0 Å². The van der Waals surface area contributed by atoms with Crippen molar-refractivity contribution in [1.82, 2.24) is 0 Å². The molecule has 17 heavy (non-hydrogen) atoms. The van der Waals surface area contributed by atoms with Crippen LogP contribution in [0, 0.1) is 6.08 Å². The van der Waals surface area contributed by atoms with Crippen LogP contribution in [-0.4, -0.2) is 14.3 Å². The zero-order chi connectivity index (χ0) is 12.6. The van der Waals surface area contributed by atoms with Gasteiger partial charge in [-0.05, 0) is 0 Å². The van der Waals surface area contributed by atoms with Crippen LogP contribution in [0.3, 0.4) is 0 Å². The molecule has 0 aliphatic heterocycles.